The monoisotopic (exact) mass is 450 g/mol. The van der Waals surface area contributed by atoms with Crippen molar-refractivity contribution in [3.63, 3.8) is 0 Å². The van der Waals surface area contributed by atoms with Crippen molar-refractivity contribution in [2.45, 2.75) is 194 Å². The molecule has 0 aromatic rings. The zero-order valence-electron chi connectivity index (χ0n) is 23.1. The van der Waals surface area contributed by atoms with Gasteiger partial charge in [-0.1, -0.05) is 201 Å². The highest BCUT2D eigenvalue weighted by atomic mass is 14.1. The van der Waals surface area contributed by atoms with Gasteiger partial charge >= 0.3 is 0 Å². The van der Waals surface area contributed by atoms with Crippen molar-refractivity contribution in [2.75, 3.05) is 0 Å². The SMILES string of the molecule is [CH2]CCC(CCCCCCCC)CCCCCCCCCCCCCCCCCCCC. The fraction of sp³-hybridized carbons (Fsp3) is 0.969. The van der Waals surface area contributed by atoms with Gasteiger partial charge < -0.3 is 0 Å². The van der Waals surface area contributed by atoms with E-state index in [-0.39, 0.29) is 0 Å². The minimum absolute atomic E-state index is 0.972. The molecule has 0 aliphatic rings. The molecule has 0 heterocycles. The maximum absolute atomic E-state index is 4.12. The first-order chi connectivity index (χ1) is 15.8. The molecule has 0 amide bonds. The molecule has 0 aromatic carbocycles. The molecule has 0 saturated carbocycles. The molecule has 0 aliphatic heterocycles. The number of hydrogen-bond acceptors (Lipinski definition) is 0. The maximum Gasteiger partial charge on any atom is -0.0414 e. The minimum atomic E-state index is 0.972. The van der Waals surface area contributed by atoms with Gasteiger partial charge in [-0.2, -0.15) is 0 Å². The van der Waals surface area contributed by atoms with Crippen LogP contribution < -0.4 is 0 Å². The smallest absolute Gasteiger partial charge is 0.0414 e. The summed E-state index contributed by atoms with van der Waals surface area (Å²) in [7, 11) is 0. The molecule has 0 aromatic heterocycles. The van der Waals surface area contributed by atoms with Crippen LogP contribution in [0.4, 0.5) is 0 Å². The van der Waals surface area contributed by atoms with Gasteiger partial charge in [0.1, 0.15) is 0 Å². The second-order valence-electron chi connectivity index (χ2n) is 10.9. The van der Waals surface area contributed by atoms with Gasteiger partial charge in [-0.25, -0.2) is 0 Å². The Bertz CT molecular complexity index is 307. The average molecular weight is 450 g/mol. The lowest BCUT2D eigenvalue weighted by molar-refractivity contribution is 0.382. The molecule has 32 heavy (non-hydrogen) atoms. The van der Waals surface area contributed by atoms with E-state index in [4.69, 9.17) is 0 Å². The van der Waals surface area contributed by atoms with Crippen molar-refractivity contribution in [1.29, 1.82) is 0 Å². The molecule has 0 N–H and O–H groups in total. The third kappa shape index (κ3) is 26.3. The average Bonchev–Trinajstić information content (AvgIpc) is 2.80. The van der Waals surface area contributed by atoms with Crippen LogP contribution in [-0.2, 0) is 0 Å². The van der Waals surface area contributed by atoms with E-state index in [9.17, 15) is 0 Å². The second kappa shape index (κ2) is 29.0. The Labute approximate surface area is 206 Å². The van der Waals surface area contributed by atoms with E-state index in [1.807, 2.05) is 0 Å². The van der Waals surface area contributed by atoms with Crippen molar-refractivity contribution in [2.24, 2.45) is 5.92 Å². The summed E-state index contributed by atoms with van der Waals surface area (Å²) in [6, 6.07) is 0. The van der Waals surface area contributed by atoms with Crippen LogP contribution in [0, 0.1) is 12.8 Å². The van der Waals surface area contributed by atoms with Crippen LogP contribution in [0.15, 0.2) is 0 Å². The molecular weight excluding hydrogens is 384 g/mol. The molecule has 1 radical (unpaired) electrons. The van der Waals surface area contributed by atoms with Gasteiger partial charge in [0.15, 0.2) is 0 Å². The van der Waals surface area contributed by atoms with Crippen molar-refractivity contribution >= 4 is 0 Å². The number of unbranched alkanes of at least 4 members (excludes halogenated alkanes) is 22. The van der Waals surface area contributed by atoms with E-state index in [0.29, 0.717) is 0 Å². The Morgan fingerprint density at radius 2 is 0.594 bits per heavy atom. The maximum atomic E-state index is 4.12. The first-order valence-electron chi connectivity index (χ1n) is 15.6. The first kappa shape index (κ1) is 32.0. The quantitative estimate of drug-likeness (QED) is 0.104. The normalized spacial score (nSPS) is 12.5. The Morgan fingerprint density at radius 3 is 0.844 bits per heavy atom. The van der Waals surface area contributed by atoms with Gasteiger partial charge in [-0.15, -0.1) is 0 Å². The van der Waals surface area contributed by atoms with Gasteiger partial charge in [0.2, 0.25) is 0 Å². The summed E-state index contributed by atoms with van der Waals surface area (Å²) in [6.07, 6.45) is 40.6. The summed E-state index contributed by atoms with van der Waals surface area (Å²) in [6.45, 7) is 8.74. The van der Waals surface area contributed by atoms with Crippen molar-refractivity contribution in [3.8, 4) is 0 Å². The molecule has 0 aliphatic carbocycles. The van der Waals surface area contributed by atoms with Gasteiger partial charge in [0.25, 0.3) is 0 Å². The van der Waals surface area contributed by atoms with E-state index < -0.39 is 0 Å². The topological polar surface area (TPSA) is 0 Å². The molecule has 0 rings (SSSR count). The highest BCUT2D eigenvalue weighted by Crippen LogP contribution is 2.23. The Morgan fingerprint density at radius 1 is 0.344 bits per heavy atom. The largest absolute Gasteiger partial charge is 0.0654 e. The minimum Gasteiger partial charge on any atom is -0.0654 e. The molecule has 0 spiro atoms. The summed E-state index contributed by atoms with van der Waals surface area (Å²) in [5.41, 5.74) is 0. The van der Waals surface area contributed by atoms with Gasteiger partial charge in [-0.05, 0) is 5.92 Å². The molecule has 0 nitrogen and oxygen atoms in total. The summed E-state index contributed by atoms with van der Waals surface area (Å²) >= 11 is 0. The zero-order chi connectivity index (χ0) is 23.4. The Balaban J connectivity index is 3.28. The fourth-order valence-electron chi connectivity index (χ4n) is 5.27. The molecule has 0 heteroatoms. The van der Waals surface area contributed by atoms with Crippen molar-refractivity contribution in [1.82, 2.24) is 0 Å². The van der Waals surface area contributed by atoms with Crippen LogP contribution >= 0.6 is 0 Å². The molecule has 193 valence electrons. The van der Waals surface area contributed by atoms with Crippen molar-refractivity contribution < 1.29 is 0 Å². The lowest BCUT2D eigenvalue weighted by Crippen LogP contribution is -2.00. The van der Waals surface area contributed by atoms with Crippen LogP contribution in [0.1, 0.15) is 194 Å². The predicted molar refractivity (Wildman–Crippen MR) is 149 cm³/mol. The molecular formula is C32H65. The van der Waals surface area contributed by atoms with Gasteiger partial charge in [-0.3, -0.25) is 0 Å². The summed E-state index contributed by atoms with van der Waals surface area (Å²) in [5, 5.41) is 0. The van der Waals surface area contributed by atoms with Gasteiger partial charge in [0.05, 0.1) is 0 Å². The lowest BCUT2D eigenvalue weighted by Gasteiger charge is -2.16. The highest BCUT2D eigenvalue weighted by Gasteiger charge is 2.07. The lowest BCUT2D eigenvalue weighted by atomic mass is 9.90. The summed E-state index contributed by atoms with van der Waals surface area (Å²) < 4.78 is 0. The van der Waals surface area contributed by atoms with Gasteiger partial charge in [0, 0.05) is 0 Å². The second-order valence-corrected chi connectivity index (χ2v) is 10.9. The van der Waals surface area contributed by atoms with E-state index in [2.05, 4.69) is 20.8 Å². The first-order valence-corrected chi connectivity index (χ1v) is 15.6. The van der Waals surface area contributed by atoms with E-state index in [0.717, 1.165) is 12.3 Å². The van der Waals surface area contributed by atoms with Crippen LogP contribution in [0.2, 0.25) is 0 Å². The Kier molecular flexibility index (Phi) is 29.0. The van der Waals surface area contributed by atoms with E-state index in [1.54, 1.807) is 0 Å². The number of rotatable bonds is 28. The molecule has 0 fully saturated rings. The van der Waals surface area contributed by atoms with Crippen LogP contribution in [0.3, 0.4) is 0 Å². The standard InChI is InChI=1S/C32H65/c1-4-7-9-11-13-14-15-16-17-18-19-20-21-22-23-24-26-28-31-32(29-6-3)30-27-25-12-10-8-5-2/h32H,3-31H2,1-2H3. The molecule has 1 unspecified atom stereocenters. The van der Waals surface area contributed by atoms with Crippen LogP contribution in [-0.4, -0.2) is 0 Å². The summed E-state index contributed by atoms with van der Waals surface area (Å²) in [5.74, 6) is 0.972. The third-order valence-corrected chi connectivity index (χ3v) is 7.54. The molecule has 0 saturated heterocycles. The van der Waals surface area contributed by atoms with E-state index in [1.165, 1.54) is 173 Å². The summed E-state index contributed by atoms with van der Waals surface area (Å²) in [4.78, 5) is 0. The van der Waals surface area contributed by atoms with Crippen LogP contribution in [0.5, 0.6) is 0 Å². The number of hydrogen-bond donors (Lipinski definition) is 0. The third-order valence-electron chi connectivity index (χ3n) is 7.54. The predicted octanol–water partition coefficient (Wildman–Crippen LogP) is 12.4. The highest BCUT2D eigenvalue weighted by molar-refractivity contribution is 4.62. The Hall–Kier alpha value is 0. The fourth-order valence-corrected chi connectivity index (χ4v) is 5.27. The molecule has 0 bridgehead atoms. The van der Waals surface area contributed by atoms with Crippen LogP contribution in [0.25, 0.3) is 0 Å². The van der Waals surface area contributed by atoms with Crippen molar-refractivity contribution in [3.05, 3.63) is 6.92 Å². The molecule has 1 atom stereocenters. The zero-order valence-corrected chi connectivity index (χ0v) is 23.1. The van der Waals surface area contributed by atoms with E-state index >= 15 is 0 Å².